The number of rotatable bonds is 22. The van der Waals surface area contributed by atoms with E-state index in [-0.39, 0.29) is 6.61 Å². The Kier molecular flexibility index (Phi) is 18.6. The van der Waals surface area contributed by atoms with E-state index in [1.165, 1.54) is 37.7 Å². The van der Waals surface area contributed by atoms with Crippen LogP contribution < -0.4 is 4.74 Å². The first-order valence-electron chi connectivity index (χ1n) is 11.9. The lowest BCUT2D eigenvalue weighted by atomic mass is 10.0. The highest BCUT2D eigenvalue weighted by atomic mass is 16.6. The van der Waals surface area contributed by atoms with E-state index in [9.17, 15) is 0 Å². The van der Waals surface area contributed by atoms with E-state index in [1.54, 1.807) is 0 Å². The Bertz CT molecular complexity index is 491. The molecule has 0 fully saturated rings. The molecule has 0 saturated carbocycles. The van der Waals surface area contributed by atoms with Crippen molar-refractivity contribution in [2.45, 2.75) is 52.4 Å². The third-order valence-corrected chi connectivity index (χ3v) is 4.77. The molecule has 0 unspecified atom stereocenters. The smallest absolute Gasteiger partial charge is 0.119 e. The van der Waals surface area contributed by atoms with Gasteiger partial charge in [0, 0.05) is 0 Å². The van der Waals surface area contributed by atoms with Crippen LogP contribution in [0.4, 0.5) is 0 Å². The molecule has 1 N–H and O–H groups in total. The third-order valence-electron chi connectivity index (χ3n) is 4.77. The molecule has 6 heteroatoms. The molecule has 0 saturated heterocycles. The molecule has 1 aromatic carbocycles. The molecule has 0 bridgehead atoms. The molecule has 0 heterocycles. The van der Waals surface area contributed by atoms with E-state index in [1.807, 2.05) is 12.1 Å². The minimum Gasteiger partial charge on any atom is -0.491 e. The summed E-state index contributed by atoms with van der Waals surface area (Å²) in [6.07, 6.45) is 7.78. The van der Waals surface area contributed by atoms with Gasteiger partial charge in [-0.3, -0.25) is 0 Å². The minimum absolute atomic E-state index is 0.0410. The van der Waals surface area contributed by atoms with Gasteiger partial charge in [-0.15, -0.1) is 0 Å². The van der Waals surface area contributed by atoms with Crippen molar-refractivity contribution >= 4 is 0 Å². The lowest BCUT2D eigenvalue weighted by Gasteiger charge is -2.09. The number of aliphatic hydroxyl groups excluding tert-OH is 1. The summed E-state index contributed by atoms with van der Waals surface area (Å²) in [5.74, 6) is 1.71. The van der Waals surface area contributed by atoms with E-state index < -0.39 is 0 Å². The number of ether oxygens (including phenoxy) is 5. The average molecular weight is 441 g/mol. The fourth-order valence-corrected chi connectivity index (χ4v) is 3.03. The molecule has 31 heavy (non-hydrogen) atoms. The second-order valence-corrected chi connectivity index (χ2v) is 8.01. The van der Waals surface area contributed by atoms with Crippen molar-refractivity contribution in [1.82, 2.24) is 0 Å². The largest absolute Gasteiger partial charge is 0.491 e. The zero-order chi connectivity index (χ0) is 22.4. The first-order valence-corrected chi connectivity index (χ1v) is 11.9. The highest BCUT2D eigenvalue weighted by molar-refractivity contribution is 5.27. The molecule has 180 valence electrons. The molecule has 0 spiro atoms. The zero-order valence-corrected chi connectivity index (χ0v) is 19.7. The Balaban J connectivity index is 1.88. The van der Waals surface area contributed by atoms with E-state index in [4.69, 9.17) is 28.8 Å². The van der Waals surface area contributed by atoms with Gasteiger partial charge >= 0.3 is 0 Å². The van der Waals surface area contributed by atoms with E-state index >= 15 is 0 Å². The second-order valence-electron chi connectivity index (χ2n) is 8.01. The zero-order valence-electron chi connectivity index (χ0n) is 19.7. The third kappa shape index (κ3) is 18.1. The maximum absolute atomic E-state index is 8.56. The van der Waals surface area contributed by atoms with Gasteiger partial charge in [-0.1, -0.05) is 51.7 Å². The maximum atomic E-state index is 8.56. The first-order chi connectivity index (χ1) is 15.2. The summed E-state index contributed by atoms with van der Waals surface area (Å²) in [6, 6.07) is 8.43. The molecular weight excluding hydrogens is 396 g/mol. The lowest BCUT2D eigenvalue weighted by molar-refractivity contribution is -0.00779. The molecule has 0 aliphatic rings. The highest BCUT2D eigenvalue weighted by Crippen LogP contribution is 2.15. The van der Waals surface area contributed by atoms with Crippen molar-refractivity contribution in [2.24, 2.45) is 5.92 Å². The monoisotopic (exact) mass is 440 g/mol. The van der Waals surface area contributed by atoms with E-state index in [2.05, 4.69) is 26.0 Å². The number of aryl methyl sites for hydroxylation is 1. The molecule has 0 aliphatic carbocycles. The number of benzene rings is 1. The number of unbranched alkanes of at least 4 members (excludes halogenated alkanes) is 3. The summed E-state index contributed by atoms with van der Waals surface area (Å²) in [4.78, 5) is 0. The Labute approximate surface area is 189 Å². The molecule has 6 nitrogen and oxygen atoms in total. The Hall–Kier alpha value is -1.18. The molecule has 0 aliphatic heterocycles. The summed E-state index contributed by atoms with van der Waals surface area (Å²) >= 11 is 0. The van der Waals surface area contributed by atoms with Crippen LogP contribution in [0.5, 0.6) is 5.75 Å². The van der Waals surface area contributed by atoms with Gasteiger partial charge in [0.1, 0.15) is 12.4 Å². The van der Waals surface area contributed by atoms with Crippen LogP contribution >= 0.6 is 0 Å². The van der Waals surface area contributed by atoms with Crippen molar-refractivity contribution in [3.05, 3.63) is 29.8 Å². The Morgan fingerprint density at radius 3 is 1.71 bits per heavy atom. The standard InChI is InChI=1S/C25H44O6/c1-23(2)7-5-3-4-6-8-24-9-11-25(12-10-24)31-22-21-30-20-19-29-18-17-28-16-15-27-14-13-26/h9-12,23,26H,3-8,13-22H2,1-2H3. The molecule has 0 radical (unpaired) electrons. The molecule has 1 aromatic rings. The molecule has 1 rings (SSSR count). The van der Waals surface area contributed by atoms with Gasteiger partial charge in [0.2, 0.25) is 0 Å². The normalized spacial score (nSPS) is 11.4. The van der Waals surface area contributed by atoms with Gasteiger partial charge in [-0.25, -0.2) is 0 Å². The van der Waals surface area contributed by atoms with Crippen LogP contribution in [-0.4, -0.2) is 71.2 Å². The Morgan fingerprint density at radius 1 is 0.645 bits per heavy atom. The summed E-state index contributed by atoms with van der Waals surface area (Å²) < 4.78 is 27.1. The van der Waals surface area contributed by atoms with Crippen molar-refractivity contribution < 1.29 is 28.8 Å². The van der Waals surface area contributed by atoms with Crippen LogP contribution in [0, 0.1) is 5.92 Å². The quantitative estimate of drug-likeness (QED) is 0.272. The predicted octanol–water partition coefficient (Wildman–Crippen LogP) is 4.27. The van der Waals surface area contributed by atoms with Crippen molar-refractivity contribution in [3.8, 4) is 5.75 Å². The number of aliphatic hydroxyl groups is 1. The first kappa shape index (κ1) is 27.9. The summed E-state index contributed by atoms with van der Waals surface area (Å²) in [5, 5.41) is 8.56. The summed E-state index contributed by atoms with van der Waals surface area (Å²) in [6.45, 7) is 9.20. The maximum Gasteiger partial charge on any atom is 0.119 e. The van der Waals surface area contributed by atoms with Crippen LogP contribution in [0.2, 0.25) is 0 Å². The summed E-state index contributed by atoms with van der Waals surface area (Å²) in [5.41, 5.74) is 1.38. The van der Waals surface area contributed by atoms with Gasteiger partial charge in [0.25, 0.3) is 0 Å². The van der Waals surface area contributed by atoms with Gasteiger partial charge in [-0.05, 0) is 36.5 Å². The molecule has 0 atom stereocenters. The lowest BCUT2D eigenvalue weighted by Crippen LogP contribution is -2.14. The van der Waals surface area contributed by atoms with Gasteiger partial charge in [-0.2, -0.15) is 0 Å². The minimum atomic E-state index is 0.0410. The number of hydrogen-bond donors (Lipinski definition) is 1. The van der Waals surface area contributed by atoms with Crippen molar-refractivity contribution in [3.63, 3.8) is 0 Å². The van der Waals surface area contributed by atoms with E-state index in [0.717, 1.165) is 18.1 Å². The predicted molar refractivity (Wildman–Crippen MR) is 124 cm³/mol. The Morgan fingerprint density at radius 2 is 1.16 bits per heavy atom. The van der Waals surface area contributed by atoms with Crippen LogP contribution in [0.3, 0.4) is 0 Å². The number of hydrogen-bond acceptors (Lipinski definition) is 6. The highest BCUT2D eigenvalue weighted by Gasteiger charge is 1.99. The van der Waals surface area contributed by atoms with Crippen molar-refractivity contribution in [1.29, 1.82) is 0 Å². The van der Waals surface area contributed by atoms with Gasteiger partial charge in [0.05, 0.1) is 59.5 Å². The van der Waals surface area contributed by atoms with Crippen LogP contribution in [0.15, 0.2) is 24.3 Å². The molecule has 0 amide bonds. The van der Waals surface area contributed by atoms with E-state index in [0.29, 0.717) is 59.5 Å². The van der Waals surface area contributed by atoms with Crippen LogP contribution in [-0.2, 0) is 25.4 Å². The summed E-state index contributed by atoms with van der Waals surface area (Å²) in [7, 11) is 0. The van der Waals surface area contributed by atoms with Crippen LogP contribution in [0.1, 0.15) is 51.5 Å². The topological polar surface area (TPSA) is 66.4 Å². The van der Waals surface area contributed by atoms with Gasteiger partial charge < -0.3 is 28.8 Å². The average Bonchev–Trinajstić information content (AvgIpc) is 2.77. The SMILES string of the molecule is CC(C)CCCCCCc1ccc(OCCOCCOCCOCCOCCO)cc1. The van der Waals surface area contributed by atoms with Crippen molar-refractivity contribution in [2.75, 3.05) is 66.1 Å². The second kappa shape index (κ2) is 20.7. The fraction of sp³-hybridized carbons (Fsp3) is 0.760. The molecular formula is C25H44O6. The fourth-order valence-electron chi connectivity index (χ4n) is 3.03. The van der Waals surface area contributed by atoms with Crippen LogP contribution in [0.25, 0.3) is 0 Å². The molecule has 0 aromatic heterocycles. The van der Waals surface area contributed by atoms with Gasteiger partial charge in [0.15, 0.2) is 0 Å².